The fraction of sp³-hybridized carbons (Fsp3) is 0.312. The summed E-state index contributed by atoms with van der Waals surface area (Å²) in [6.07, 6.45) is 0. The third kappa shape index (κ3) is 2.31. The van der Waals surface area contributed by atoms with Gasteiger partial charge in [-0.15, -0.1) is 0 Å². The van der Waals surface area contributed by atoms with Gasteiger partial charge in [0, 0.05) is 11.1 Å². The molecule has 0 unspecified atom stereocenters. The van der Waals surface area contributed by atoms with Crippen molar-refractivity contribution in [3.8, 4) is 0 Å². The zero-order valence-electron chi connectivity index (χ0n) is 12.1. The largest absolute Gasteiger partial charge is 0.399 e. The lowest BCUT2D eigenvalue weighted by Gasteiger charge is -2.20. The first kappa shape index (κ1) is 13.2. The second-order valence-corrected chi connectivity index (χ2v) is 6.93. The molecule has 2 N–H and O–H groups in total. The van der Waals surface area contributed by atoms with Crippen molar-refractivity contribution in [2.24, 2.45) is 0 Å². The van der Waals surface area contributed by atoms with Crippen molar-refractivity contribution in [2.45, 2.75) is 32.7 Å². The van der Waals surface area contributed by atoms with E-state index in [2.05, 4.69) is 48.2 Å². The third-order valence-electron chi connectivity index (χ3n) is 3.36. The Bertz CT molecular complexity index is 733. The molecule has 0 saturated heterocycles. The van der Waals surface area contributed by atoms with Crippen molar-refractivity contribution in [2.75, 3.05) is 5.73 Å². The summed E-state index contributed by atoms with van der Waals surface area (Å²) in [6.45, 7) is 7.45. The third-order valence-corrected chi connectivity index (χ3v) is 4.10. The molecule has 0 spiro atoms. The van der Waals surface area contributed by atoms with Crippen LogP contribution in [0.25, 0.3) is 11.0 Å². The highest BCUT2D eigenvalue weighted by atomic mass is 32.1. The number of nitrogens with two attached hydrogens (primary N) is 1. The number of rotatable bonds is 2. The number of fused-ring (bicyclic) bond motifs is 1. The number of thiophene rings is 1. The maximum absolute atomic E-state index is 5.88. The SMILES string of the molecule is CC(C)(C)c1nc2cc(N)ccc2n1Cc1ccsc1. The van der Waals surface area contributed by atoms with E-state index in [1.807, 2.05) is 12.1 Å². The van der Waals surface area contributed by atoms with Crippen LogP contribution < -0.4 is 5.73 Å². The number of imidazole rings is 1. The Morgan fingerprint density at radius 1 is 1.25 bits per heavy atom. The fourth-order valence-electron chi connectivity index (χ4n) is 2.44. The van der Waals surface area contributed by atoms with Crippen LogP contribution in [-0.2, 0) is 12.0 Å². The second kappa shape index (κ2) is 4.63. The van der Waals surface area contributed by atoms with Crippen molar-refractivity contribution in [1.82, 2.24) is 9.55 Å². The highest BCUT2D eigenvalue weighted by molar-refractivity contribution is 7.07. The molecule has 0 aliphatic rings. The number of nitrogens with zero attached hydrogens (tertiary/aromatic N) is 2. The normalized spacial score (nSPS) is 12.2. The summed E-state index contributed by atoms with van der Waals surface area (Å²) in [7, 11) is 0. The lowest BCUT2D eigenvalue weighted by Crippen LogP contribution is -2.19. The minimum atomic E-state index is 0.00377. The molecule has 0 aliphatic heterocycles. The van der Waals surface area contributed by atoms with Crippen LogP contribution in [0.3, 0.4) is 0 Å². The average molecular weight is 285 g/mol. The van der Waals surface area contributed by atoms with Gasteiger partial charge in [0.2, 0.25) is 0 Å². The topological polar surface area (TPSA) is 43.8 Å². The van der Waals surface area contributed by atoms with Crippen LogP contribution in [0.2, 0.25) is 0 Å². The first-order valence-corrected chi connectivity index (χ1v) is 7.67. The lowest BCUT2D eigenvalue weighted by atomic mass is 9.95. The molecule has 0 fully saturated rings. The van der Waals surface area contributed by atoms with Crippen molar-refractivity contribution >= 4 is 28.1 Å². The first-order valence-electron chi connectivity index (χ1n) is 6.72. The van der Waals surface area contributed by atoms with E-state index in [4.69, 9.17) is 10.7 Å². The van der Waals surface area contributed by atoms with E-state index >= 15 is 0 Å². The molecule has 2 heterocycles. The van der Waals surface area contributed by atoms with Crippen LogP contribution in [0.5, 0.6) is 0 Å². The van der Waals surface area contributed by atoms with Gasteiger partial charge in [-0.3, -0.25) is 0 Å². The molecule has 0 amide bonds. The average Bonchev–Trinajstić information content (AvgIpc) is 2.97. The van der Waals surface area contributed by atoms with Gasteiger partial charge in [0.1, 0.15) is 5.82 Å². The molecule has 3 aromatic rings. The van der Waals surface area contributed by atoms with Crippen LogP contribution in [0.1, 0.15) is 32.2 Å². The summed E-state index contributed by atoms with van der Waals surface area (Å²) >= 11 is 1.73. The molecule has 1 aromatic carbocycles. The summed E-state index contributed by atoms with van der Waals surface area (Å²) in [5.41, 5.74) is 10.1. The van der Waals surface area contributed by atoms with Crippen molar-refractivity contribution in [3.63, 3.8) is 0 Å². The van der Waals surface area contributed by atoms with Gasteiger partial charge < -0.3 is 10.3 Å². The van der Waals surface area contributed by atoms with Crippen LogP contribution in [-0.4, -0.2) is 9.55 Å². The molecular weight excluding hydrogens is 266 g/mol. The molecule has 0 saturated carbocycles. The minimum Gasteiger partial charge on any atom is -0.399 e. The van der Waals surface area contributed by atoms with Gasteiger partial charge in [-0.05, 0) is 40.6 Å². The zero-order valence-corrected chi connectivity index (χ0v) is 12.9. The molecule has 0 radical (unpaired) electrons. The molecule has 2 aromatic heterocycles. The molecule has 0 atom stereocenters. The van der Waals surface area contributed by atoms with E-state index < -0.39 is 0 Å². The van der Waals surface area contributed by atoms with E-state index in [0.29, 0.717) is 0 Å². The Labute approximate surface area is 123 Å². The minimum absolute atomic E-state index is 0.00377. The Hall–Kier alpha value is -1.81. The number of nitrogen functional groups attached to an aromatic ring is 1. The molecule has 20 heavy (non-hydrogen) atoms. The standard InChI is InChI=1S/C16H19N3S/c1-16(2,3)15-18-13-8-12(17)4-5-14(13)19(15)9-11-6-7-20-10-11/h4-8,10H,9,17H2,1-3H3. The highest BCUT2D eigenvalue weighted by Crippen LogP contribution is 2.28. The van der Waals surface area contributed by atoms with E-state index in [-0.39, 0.29) is 5.41 Å². The Morgan fingerprint density at radius 3 is 2.70 bits per heavy atom. The van der Waals surface area contributed by atoms with Gasteiger partial charge in [0.25, 0.3) is 0 Å². The summed E-state index contributed by atoms with van der Waals surface area (Å²) in [5.74, 6) is 1.10. The van der Waals surface area contributed by atoms with E-state index in [1.54, 1.807) is 11.3 Å². The van der Waals surface area contributed by atoms with Gasteiger partial charge in [0.15, 0.2) is 0 Å². The lowest BCUT2D eigenvalue weighted by molar-refractivity contribution is 0.516. The number of hydrogen-bond donors (Lipinski definition) is 1. The molecule has 0 bridgehead atoms. The molecule has 4 heteroatoms. The predicted molar refractivity (Wildman–Crippen MR) is 86.3 cm³/mol. The van der Waals surface area contributed by atoms with Crippen molar-refractivity contribution < 1.29 is 0 Å². The Balaban J connectivity index is 2.20. The number of benzene rings is 1. The summed E-state index contributed by atoms with van der Waals surface area (Å²) in [6, 6.07) is 8.13. The van der Waals surface area contributed by atoms with Gasteiger partial charge in [-0.1, -0.05) is 20.8 Å². The van der Waals surface area contributed by atoms with Crippen LogP contribution >= 0.6 is 11.3 Å². The van der Waals surface area contributed by atoms with Gasteiger partial charge in [-0.25, -0.2) is 4.98 Å². The molecule has 104 valence electrons. The van der Waals surface area contributed by atoms with Crippen LogP contribution in [0.4, 0.5) is 5.69 Å². The second-order valence-electron chi connectivity index (χ2n) is 6.15. The summed E-state index contributed by atoms with van der Waals surface area (Å²) in [4.78, 5) is 4.81. The van der Waals surface area contributed by atoms with Gasteiger partial charge in [-0.2, -0.15) is 11.3 Å². The number of anilines is 1. The number of hydrogen-bond acceptors (Lipinski definition) is 3. The Morgan fingerprint density at radius 2 is 2.05 bits per heavy atom. The molecular formula is C16H19N3S. The van der Waals surface area contributed by atoms with Crippen LogP contribution in [0, 0.1) is 0 Å². The monoisotopic (exact) mass is 285 g/mol. The smallest absolute Gasteiger partial charge is 0.115 e. The summed E-state index contributed by atoms with van der Waals surface area (Å²) in [5, 5.41) is 4.30. The quantitative estimate of drug-likeness (QED) is 0.723. The zero-order chi connectivity index (χ0) is 14.3. The molecule has 3 nitrogen and oxygen atoms in total. The highest BCUT2D eigenvalue weighted by Gasteiger charge is 2.23. The predicted octanol–water partition coefficient (Wildman–Crippen LogP) is 4.03. The van der Waals surface area contributed by atoms with Gasteiger partial charge in [0.05, 0.1) is 17.6 Å². The van der Waals surface area contributed by atoms with E-state index in [9.17, 15) is 0 Å². The fourth-order valence-corrected chi connectivity index (χ4v) is 3.10. The maximum Gasteiger partial charge on any atom is 0.115 e. The van der Waals surface area contributed by atoms with Gasteiger partial charge >= 0.3 is 0 Å². The number of aromatic nitrogens is 2. The van der Waals surface area contributed by atoms with Crippen molar-refractivity contribution in [1.29, 1.82) is 0 Å². The van der Waals surface area contributed by atoms with E-state index in [0.717, 1.165) is 29.1 Å². The first-order chi connectivity index (χ1) is 9.45. The molecule has 0 aliphatic carbocycles. The van der Waals surface area contributed by atoms with Crippen molar-refractivity contribution in [3.05, 3.63) is 46.4 Å². The Kier molecular flexibility index (Phi) is 3.05. The maximum atomic E-state index is 5.88. The molecule has 3 rings (SSSR count). The van der Waals surface area contributed by atoms with Crippen LogP contribution in [0.15, 0.2) is 35.0 Å². The van der Waals surface area contributed by atoms with E-state index in [1.165, 1.54) is 5.56 Å². The summed E-state index contributed by atoms with van der Waals surface area (Å²) < 4.78 is 2.30.